The van der Waals surface area contributed by atoms with Crippen molar-refractivity contribution in [1.29, 1.82) is 0 Å². The van der Waals surface area contributed by atoms with Gasteiger partial charge in [-0.2, -0.15) is 0 Å². The molecule has 0 aliphatic heterocycles. The molecule has 4 nitrogen and oxygen atoms in total. The molecule has 1 aromatic carbocycles. The molecule has 0 radical (unpaired) electrons. The average molecular weight is 230 g/mol. The molecule has 0 aliphatic rings. The van der Waals surface area contributed by atoms with E-state index < -0.39 is 5.91 Å². The highest BCUT2D eigenvalue weighted by Crippen LogP contribution is 2.22. The topological polar surface area (TPSA) is 65.2 Å². The smallest absolute Gasteiger partial charge is 0.249 e. The van der Waals surface area contributed by atoms with Crippen molar-refractivity contribution in [2.75, 3.05) is 7.11 Å². The van der Waals surface area contributed by atoms with E-state index in [2.05, 4.69) is 4.98 Å². The number of methoxy groups -OCH3 is 1. The third-order valence-corrected chi connectivity index (χ3v) is 2.77. The standard InChI is InChI=1S/C13H14N2O2/c1-8(17-2)12-7-10(13(14)16)9-5-3-4-6-11(9)15-12/h3-8H,1-2H3,(H2,14,16)/t8-/m0/s1. The molecule has 1 atom stereocenters. The number of nitrogens with two attached hydrogens (primary N) is 1. The summed E-state index contributed by atoms with van der Waals surface area (Å²) in [4.78, 5) is 15.9. The Labute approximate surface area is 99.4 Å². The number of nitrogens with zero attached hydrogens (tertiary/aromatic N) is 1. The molecule has 1 amide bonds. The van der Waals surface area contributed by atoms with Crippen LogP contribution in [-0.4, -0.2) is 18.0 Å². The summed E-state index contributed by atoms with van der Waals surface area (Å²) in [6.45, 7) is 1.88. The van der Waals surface area contributed by atoms with Gasteiger partial charge in [-0.05, 0) is 19.1 Å². The van der Waals surface area contributed by atoms with Crippen LogP contribution >= 0.6 is 0 Å². The van der Waals surface area contributed by atoms with Crippen LogP contribution in [-0.2, 0) is 4.74 Å². The number of pyridine rings is 1. The van der Waals surface area contributed by atoms with Crippen LogP contribution < -0.4 is 5.73 Å². The number of benzene rings is 1. The maximum absolute atomic E-state index is 11.4. The molecule has 2 aromatic rings. The van der Waals surface area contributed by atoms with Gasteiger partial charge in [-0.15, -0.1) is 0 Å². The van der Waals surface area contributed by atoms with E-state index in [0.29, 0.717) is 11.3 Å². The molecule has 1 aromatic heterocycles. The number of para-hydroxylation sites is 1. The molecule has 0 spiro atoms. The Morgan fingerprint density at radius 1 is 1.41 bits per heavy atom. The molecule has 2 rings (SSSR count). The minimum atomic E-state index is -0.451. The minimum absolute atomic E-state index is 0.169. The van der Waals surface area contributed by atoms with Crippen LogP contribution in [0, 0.1) is 0 Å². The Bertz CT molecular complexity index is 566. The zero-order valence-electron chi connectivity index (χ0n) is 9.81. The number of ether oxygens (including phenoxy) is 1. The summed E-state index contributed by atoms with van der Waals surface area (Å²) in [7, 11) is 1.60. The van der Waals surface area contributed by atoms with Crippen molar-refractivity contribution < 1.29 is 9.53 Å². The van der Waals surface area contributed by atoms with E-state index in [1.807, 2.05) is 31.2 Å². The predicted octanol–water partition coefficient (Wildman–Crippen LogP) is 2.04. The second-order valence-electron chi connectivity index (χ2n) is 3.85. The number of hydrogen-bond acceptors (Lipinski definition) is 3. The van der Waals surface area contributed by atoms with Crippen molar-refractivity contribution in [3.05, 3.63) is 41.6 Å². The van der Waals surface area contributed by atoms with Crippen molar-refractivity contribution in [2.24, 2.45) is 5.73 Å². The van der Waals surface area contributed by atoms with Crippen LogP contribution in [0.1, 0.15) is 29.1 Å². The van der Waals surface area contributed by atoms with Gasteiger partial charge >= 0.3 is 0 Å². The highest BCUT2D eigenvalue weighted by molar-refractivity contribution is 6.05. The first kappa shape index (κ1) is 11.5. The summed E-state index contributed by atoms with van der Waals surface area (Å²) >= 11 is 0. The summed E-state index contributed by atoms with van der Waals surface area (Å²) in [6, 6.07) is 9.12. The Balaban J connectivity index is 2.71. The van der Waals surface area contributed by atoms with E-state index >= 15 is 0 Å². The maximum atomic E-state index is 11.4. The lowest BCUT2D eigenvalue weighted by molar-refractivity contribution is 0.1000. The number of hydrogen-bond donors (Lipinski definition) is 1. The van der Waals surface area contributed by atoms with Crippen molar-refractivity contribution in [3.63, 3.8) is 0 Å². The van der Waals surface area contributed by atoms with Gasteiger partial charge in [-0.25, -0.2) is 0 Å². The third-order valence-electron chi connectivity index (χ3n) is 2.77. The van der Waals surface area contributed by atoms with E-state index in [0.717, 1.165) is 10.9 Å². The SMILES string of the molecule is CO[C@@H](C)c1cc(C(N)=O)c2ccccc2n1. The molecule has 0 unspecified atom stereocenters. The van der Waals surface area contributed by atoms with E-state index in [-0.39, 0.29) is 6.10 Å². The quantitative estimate of drug-likeness (QED) is 0.877. The molecule has 0 aliphatic carbocycles. The molecule has 4 heteroatoms. The number of carbonyl (C=O) groups excluding carboxylic acids is 1. The number of aromatic nitrogens is 1. The zero-order chi connectivity index (χ0) is 12.4. The predicted molar refractivity (Wildman–Crippen MR) is 65.7 cm³/mol. The van der Waals surface area contributed by atoms with Crippen LogP contribution in [0.2, 0.25) is 0 Å². The summed E-state index contributed by atoms with van der Waals surface area (Å²) < 4.78 is 5.21. The summed E-state index contributed by atoms with van der Waals surface area (Å²) in [5.41, 5.74) is 7.32. The molecular weight excluding hydrogens is 216 g/mol. The fourth-order valence-corrected chi connectivity index (χ4v) is 1.73. The monoisotopic (exact) mass is 230 g/mol. The Morgan fingerprint density at radius 3 is 2.76 bits per heavy atom. The highest BCUT2D eigenvalue weighted by atomic mass is 16.5. The summed E-state index contributed by atoms with van der Waals surface area (Å²) in [5, 5.41) is 0.770. The normalized spacial score (nSPS) is 12.6. The van der Waals surface area contributed by atoms with Gasteiger partial charge in [-0.3, -0.25) is 9.78 Å². The van der Waals surface area contributed by atoms with Gasteiger partial charge in [-0.1, -0.05) is 18.2 Å². The molecule has 0 saturated carbocycles. The summed E-state index contributed by atoms with van der Waals surface area (Å²) in [5.74, 6) is -0.451. The fourth-order valence-electron chi connectivity index (χ4n) is 1.73. The van der Waals surface area contributed by atoms with Crippen LogP contribution in [0.5, 0.6) is 0 Å². The van der Waals surface area contributed by atoms with Crippen LogP contribution in [0.15, 0.2) is 30.3 Å². The first-order valence-electron chi connectivity index (χ1n) is 5.35. The first-order chi connectivity index (χ1) is 8.13. The summed E-state index contributed by atoms with van der Waals surface area (Å²) in [6.07, 6.45) is -0.169. The minimum Gasteiger partial charge on any atom is -0.375 e. The van der Waals surface area contributed by atoms with Crippen molar-refractivity contribution >= 4 is 16.8 Å². The lowest BCUT2D eigenvalue weighted by atomic mass is 10.1. The molecule has 0 fully saturated rings. The average Bonchev–Trinajstić information content (AvgIpc) is 2.36. The lowest BCUT2D eigenvalue weighted by Crippen LogP contribution is -2.13. The van der Waals surface area contributed by atoms with Gasteiger partial charge in [0.2, 0.25) is 5.91 Å². The van der Waals surface area contributed by atoms with Crippen LogP contribution in [0.4, 0.5) is 0 Å². The molecule has 2 N–H and O–H groups in total. The second kappa shape index (κ2) is 4.51. The van der Waals surface area contributed by atoms with Gasteiger partial charge in [0.25, 0.3) is 0 Å². The van der Waals surface area contributed by atoms with Crippen molar-refractivity contribution in [2.45, 2.75) is 13.0 Å². The first-order valence-corrected chi connectivity index (χ1v) is 5.35. The van der Waals surface area contributed by atoms with E-state index in [9.17, 15) is 4.79 Å². The van der Waals surface area contributed by atoms with Crippen LogP contribution in [0.25, 0.3) is 10.9 Å². The molecule has 17 heavy (non-hydrogen) atoms. The van der Waals surface area contributed by atoms with Gasteiger partial charge in [0.1, 0.15) is 0 Å². The van der Waals surface area contributed by atoms with E-state index in [4.69, 9.17) is 10.5 Å². The molecule has 0 bridgehead atoms. The van der Waals surface area contributed by atoms with Gasteiger partial charge in [0, 0.05) is 12.5 Å². The molecule has 1 heterocycles. The zero-order valence-corrected chi connectivity index (χ0v) is 9.81. The highest BCUT2D eigenvalue weighted by Gasteiger charge is 2.13. The number of carbonyl (C=O) groups is 1. The van der Waals surface area contributed by atoms with Gasteiger partial charge < -0.3 is 10.5 Å². The maximum Gasteiger partial charge on any atom is 0.249 e. The van der Waals surface area contributed by atoms with Crippen LogP contribution in [0.3, 0.4) is 0 Å². The van der Waals surface area contributed by atoms with E-state index in [1.54, 1.807) is 13.2 Å². The number of amides is 1. The number of primary amides is 1. The number of rotatable bonds is 3. The molecule has 88 valence electrons. The Hall–Kier alpha value is -1.94. The third kappa shape index (κ3) is 2.12. The van der Waals surface area contributed by atoms with Crippen molar-refractivity contribution in [1.82, 2.24) is 4.98 Å². The number of fused-ring (bicyclic) bond motifs is 1. The largest absolute Gasteiger partial charge is 0.375 e. The molecule has 0 saturated heterocycles. The Kier molecular flexibility index (Phi) is 3.06. The Morgan fingerprint density at radius 2 is 2.12 bits per heavy atom. The molecular formula is C13H14N2O2. The lowest BCUT2D eigenvalue weighted by Gasteiger charge is -2.11. The van der Waals surface area contributed by atoms with Gasteiger partial charge in [0.15, 0.2) is 0 Å². The van der Waals surface area contributed by atoms with Crippen molar-refractivity contribution in [3.8, 4) is 0 Å². The second-order valence-corrected chi connectivity index (χ2v) is 3.85. The fraction of sp³-hybridized carbons (Fsp3) is 0.231. The van der Waals surface area contributed by atoms with Gasteiger partial charge in [0.05, 0.1) is 22.9 Å². The van der Waals surface area contributed by atoms with E-state index in [1.165, 1.54) is 0 Å².